The highest BCUT2D eigenvalue weighted by molar-refractivity contribution is 9.10. The zero-order chi connectivity index (χ0) is 21.4. The van der Waals surface area contributed by atoms with Crippen molar-refractivity contribution >= 4 is 55.3 Å². The first-order chi connectivity index (χ1) is 14.3. The van der Waals surface area contributed by atoms with Crippen LogP contribution in [-0.2, 0) is 9.53 Å². The van der Waals surface area contributed by atoms with E-state index in [1.54, 1.807) is 36.4 Å². The van der Waals surface area contributed by atoms with Gasteiger partial charge in [0.1, 0.15) is 22.8 Å². The van der Waals surface area contributed by atoms with Crippen LogP contribution in [0.5, 0.6) is 11.5 Å². The lowest BCUT2D eigenvalue weighted by atomic mass is 9.95. The number of esters is 1. The van der Waals surface area contributed by atoms with Gasteiger partial charge in [-0.15, -0.1) is 0 Å². The standard InChI is InChI=1S/C22H12Br2O6/c23-13-8-11(3-5-15(13)25)9-18-19(12-4-6-16(26)14(24)10-12)20(22(28)30-18)21(27)17-2-1-7-29-17/h1-10,25-26H/b18-9-. The molecule has 6 nitrogen and oxygen atoms in total. The second-order valence-electron chi connectivity index (χ2n) is 6.33. The third kappa shape index (κ3) is 3.71. The van der Waals surface area contributed by atoms with Gasteiger partial charge in [-0.25, -0.2) is 4.79 Å². The highest BCUT2D eigenvalue weighted by atomic mass is 79.9. The predicted octanol–water partition coefficient (Wildman–Crippen LogP) is 5.45. The summed E-state index contributed by atoms with van der Waals surface area (Å²) in [6.07, 6.45) is 2.93. The molecule has 0 radical (unpaired) electrons. The van der Waals surface area contributed by atoms with Crippen LogP contribution in [0.1, 0.15) is 21.7 Å². The number of carbonyl (C=O) groups excluding carboxylic acids is 2. The summed E-state index contributed by atoms with van der Waals surface area (Å²) in [5, 5.41) is 19.5. The Balaban J connectivity index is 1.92. The molecule has 0 saturated carbocycles. The molecule has 0 atom stereocenters. The number of rotatable bonds is 4. The number of ketones is 1. The van der Waals surface area contributed by atoms with Gasteiger partial charge in [-0.3, -0.25) is 4.79 Å². The third-order valence-corrected chi connectivity index (χ3v) is 5.65. The molecular formula is C22H12Br2O6. The molecule has 1 aromatic heterocycles. The van der Waals surface area contributed by atoms with E-state index in [1.165, 1.54) is 24.5 Å². The van der Waals surface area contributed by atoms with E-state index in [4.69, 9.17) is 9.15 Å². The van der Waals surface area contributed by atoms with Gasteiger partial charge in [0.05, 0.1) is 15.2 Å². The first kappa shape index (κ1) is 20.2. The molecule has 0 bridgehead atoms. The Morgan fingerprint density at radius 2 is 1.67 bits per heavy atom. The van der Waals surface area contributed by atoms with Crippen LogP contribution < -0.4 is 0 Å². The molecule has 0 aliphatic carbocycles. The minimum atomic E-state index is -0.806. The fourth-order valence-electron chi connectivity index (χ4n) is 2.98. The summed E-state index contributed by atoms with van der Waals surface area (Å²) in [5.74, 6) is -1.18. The van der Waals surface area contributed by atoms with E-state index in [-0.39, 0.29) is 34.2 Å². The van der Waals surface area contributed by atoms with Gasteiger partial charge >= 0.3 is 5.97 Å². The lowest BCUT2D eigenvalue weighted by Crippen LogP contribution is -2.10. The minimum absolute atomic E-state index is 0.00548. The zero-order valence-corrected chi connectivity index (χ0v) is 18.2. The van der Waals surface area contributed by atoms with Gasteiger partial charge in [-0.05, 0) is 85.5 Å². The van der Waals surface area contributed by atoms with E-state index in [1.807, 2.05) is 0 Å². The molecular weight excluding hydrogens is 520 g/mol. The molecule has 3 aromatic rings. The van der Waals surface area contributed by atoms with Crippen molar-refractivity contribution in [1.82, 2.24) is 0 Å². The molecule has 0 saturated heterocycles. The van der Waals surface area contributed by atoms with Crippen molar-refractivity contribution in [3.63, 3.8) is 0 Å². The number of cyclic esters (lactones) is 1. The Morgan fingerprint density at radius 3 is 2.30 bits per heavy atom. The number of hydrogen-bond acceptors (Lipinski definition) is 6. The number of hydrogen-bond donors (Lipinski definition) is 2. The smallest absolute Gasteiger partial charge is 0.348 e. The molecule has 2 aromatic carbocycles. The molecule has 2 heterocycles. The number of halogens is 2. The predicted molar refractivity (Wildman–Crippen MR) is 116 cm³/mol. The Morgan fingerprint density at radius 1 is 0.967 bits per heavy atom. The van der Waals surface area contributed by atoms with Gasteiger partial charge in [-0.1, -0.05) is 12.1 Å². The van der Waals surface area contributed by atoms with Crippen LogP contribution in [0.15, 0.2) is 79.5 Å². The van der Waals surface area contributed by atoms with E-state index in [2.05, 4.69) is 31.9 Å². The largest absolute Gasteiger partial charge is 0.507 e. The van der Waals surface area contributed by atoms with Crippen LogP contribution in [0.2, 0.25) is 0 Å². The number of benzene rings is 2. The number of aromatic hydroxyl groups is 2. The van der Waals surface area contributed by atoms with E-state index >= 15 is 0 Å². The minimum Gasteiger partial charge on any atom is -0.507 e. The average Bonchev–Trinajstić information content (AvgIpc) is 3.35. The Bertz CT molecular complexity index is 1240. The van der Waals surface area contributed by atoms with Gasteiger partial charge in [0.15, 0.2) is 5.76 Å². The molecule has 8 heteroatoms. The van der Waals surface area contributed by atoms with Gasteiger partial charge in [0, 0.05) is 5.57 Å². The van der Waals surface area contributed by atoms with Gasteiger partial charge in [0.25, 0.3) is 0 Å². The van der Waals surface area contributed by atoms with E-state index in [0.717, 1.165) is 0 Å². The summed E-state index contributed by atoms with van der Waals surface area (Å²) in [5.41, 5.74) is 1.21. The number of furan rings is 1. The molecule has 0 unspecified atom stereocenters. The molecule has 1 aliphatic heterocycles. The Labute approximate surface area is 187 Å². The van der Waals surface area contributed by atoms with Gasteiger partial charge in [-0.2, -0.15) is 0 Å². The van der Waals surface area contributed by atoms with E-state index < -0.39 is 11.8 Å². The van der Waals surface area contributed by atoms with Gasteiger partial charge < -0.3 is 19.4 Å². The Kier molecular flexibility index (Phi) is 5.36. The molecule has 150 valence electrons. The summed E-state index contributed by atoms with van der Waals surface area (Å²) in [7, 11) is 0. The molecule has 1 aliphatic rings. The van der Waals surface area contributed by atoms with Crippen LogP contribution in [0.3, 0.4) is 0 Å². The van der Waals surface area contributed by atoms with Crippen LogP contribution in [0.4, 0.5) is 0 Å². The quantitative estimate of drug-likeness (QED) is 0.264. The highest BCUT2D eigenvalue weighted by Crippen LogP contribution is 2.40. The fourth-order valence-corrected chi connectivity index (χ4v) is 3.75. The molecule has 0 amide bonds. The van der Waals surface area contributed by atoms with Crippen LogP contribution >= 0.6 is 31.9 Å². The second kappa shape index (κ2) is 7.97. The monoisotopic (exact) mass is 530 g/mol. The summed E-state index contributed by atoms with van der Waals surface area (Å²) in [6.45, 7) is 0. The maximum absolute atomic E-state index is 13.0. The summed E-state index contributed by atoms with van der Waals surface area (Å²) in [6, 6.07) is 12.4. The SMILES string of the molecule is O=C1O/C(=C\c2ccc(O)c(Br)c2)C(c2ccc(O)c(Br)c2)=C1C(=O)c1ccco1. The van der Waals surface area contributed by atoms with Crippen LogP contribution in [-0.4, -0.2) is 22.0 Å². The normalized spacial score (nSPS) is 15.0. The fraction of sp³-hybridized carbons (Fsp3) is 0. The van der Waals surface area contributed by atoms with Crippen molar-refractivity contribution in [2.75, 3.05) is 0 Å². The Hall–Kier alpha value is -3.10. The molecule has 0 fully saturated rings. The zero-order valence-electron chi connectivity index (χ0n) is 15.1. The lowest BCUT2D eigenvalue weighted by Gasteiger charge is -2.08. The van der Waals surface area contributed by atoms with Crippen LogP contribution in [0.25, 0.3) is 11.6 Å². The average molecular weight is 532 g/mol. The third-order valence-electron chi connectivity index (χ3n) is 4.38. The van der Waals surface area contributed by atoms with Gasteiger partial charge in [0.2, 0.25) is 5.78 Å². The van der Waals surface area contributed by atoms with E-state index in [9.17, 15) is 19.8 Å². The number of Topliss-reactive ketones (excluding diaryl/α,β-unsaturated/α-hetero) is 1. The van der Waals surface area contributed by atoms with Crippen molar-refractivity contribution in [1.29, 1.82) is 0 Å². The van der Waals surface area contributed by atoms with Crippen molar-refractivity contribution in [3.05, 3.63) is 92.0 Å². The van der Waals surface area contributed by atoms with Crippen molar-refractivity contribution < 1.29 is 29.0 Å². The van der Waals surface area contributed by atoms with Crippen LogP contribution in [0, 0.1) is 0 Å². The van der Waals surface area contributed by atoms with Crippen molar-refractivity contribution in [3.8, 4) is 11.5 Å². The first-order valence-electron chi connectivity index (χ1n) is 8.59. The number of phenolic OH excluding ortho intramolecular Hbond substituents is 2. The number of phenols is 2. The summed E-state index contributed by atoms with van der Waals surface area (Å²) >= 11 is 6.50. The number of ether oxygens (including phenoxy) is 1. The van der Waals surface area contributed by atoms with Crippen molar-refractivity contribution in [2.45, 2.75) is 0 Å². The molecule has 2 N–H and O–H groups in total. The molecule has 30 heavy (non-hydrogen) atoms. The summed E-state index contributed by atoms with van der Waals surface area (Å²) in [4.78, 5) is 25.6. The van der Waals surface area contributed by atoms with E-state index in [0.29, 0.717) is 20.1 Å². The first-order valence-corrected chi connectivity index (χ1v) is 10.2. The highest BCUT2D eigenvalue weighted by Gasteiger charge is 2.37. The topological polar surface area (TPSA) is 97.0 Å². The van der Waals surface area contributed by atoms with Crippen molar-refractivity contribution in [2.24, 2.45) is 0 Å². The maximum atomic E-state index is 13.0. The maximum Gasteiger partial charge on any atom is 0.348 e. The molecule has 0 spiro atoms. The summed E-state index contributed by atoms with van der Waals surface area (Å²) < 4.78 is 11.5. The molecule has 4 rings (SSSR count). The number of carbonyl (C=O) groups is 2. The lowest BCUT2D eigenvalue weighted by molar-refractivity contribution is -0.132. The second-order valence-corrected chi connectivity index (χ2v) is 8.04. The number of allylic oxidation sites excluding steroid dienone is 1.